The van der Waals surface area contributed by atoms with Crippen LogP contribution in [-0.2, 0) is 17.8 Å². The second kappa shape index (κ2) is 9.38. The molecule has 10 heteroatoms. The highest BCUT2D eigenvalue weighted by atomic mass is 19.4. The molecule has 0 spiro atoms. The Kier molecular flexibility index (Phi) is 6.55. The van der Waals surface area contributed by atoms with E-state index >= 15 is 0 Å². The van der Waals surface area contributed by atoms with Crippen molar-refractivity contribution in [2.24, 2.45) is 11.8 Å². The van der Waals surface area contributed by atoms with Crippen molar-refractivity contribution in [2.75, 3.05) is 13.1 Å². The molecule has 0 unspecified atom stereocenters. The first-order valence-electron chi connectivity index (χ1n) is 10.6. The van der Waals surface area contributed by atoms with Gasteiger partial charge >= 0.3 is 12.3 Å². The van der Waals surface area contributed by atoms with Crippen molar-refractivity contribution < 1.29 is 32.2 Å². The van der Waals surface area contributed by atoms with E-state index in [2.05, 4.69) is 14.7 Å². The van der Waals surface area contributed by atoms with E-state index in [9.17, 15) is 27.5 Å². The van der Waals surface area contributed by atoms with Crippen LogP contribution in [0.5, 0.6) is 5.75 Å². The minimum atomic E-state index is -4.78. The molecule has 2 atom stereocenters. The Balaban J connectivity index is 1.51. The van der Waals surface area contributed by atoms with Gasteiger partial charge < -0.3 is 14.8 Å². The van der Waals surface area contributed by atoms with E-state index in [4.69, 9.17) is 0 Å². The fourth-order valence-electron chi connectivity index (χ4n) is 4.50. The van der Waals surface area contributed by atoms with Crippen LogP contribution in [0.25, 0.3) is 11.0 Å². The quantitative estimate of drug-likeness (QED) is 0.492. The summed E-state index contributed by atoms with van der Waals surface area (Å²) in [6.07, 6.45) is -3.74. The summed E-state index contributed by atoms with van der Waals surface area (Å²) >= 11 is 0. The average Bonchev–Trinajstić information content (AvgIpc) is 3.11. The standard InChI is InChI=1S/C23H23F4N3O3/c24-17-5-6-18-19(11-17)29-21(28-18)9-16-13-30(8-7-14(16)10-22(31)32)12-15-3-1-2-4-20(15)33-23(25,26)27/h1-6,11,14,16H,7-10,12-13H2,(H,28,29)(H,31,32)/t14-,16-/m0/s1. The third-order valence-electron chi connectivity index (χ3n) is 5.95. The van der Waals surface area contributed by atoms with Crippen molar-refractivity contribution in [1.29, 1.82) is 0 Å². The van der Waals surface area contributed by atoms with E-state index in [1.54, 1.807) is 18.2 Å². The van der Waals surface area contributed by atoms with Gasteiger partial charge in [0.15, 0.2) is 0 Å². The first-order valence-corrected chi connectivity index (χ1v) is 10.6. The van der Waals surface area contributed by atoms with Gasteiger partial charge in [0, 0.05) is 31.5 Å². The van der Waals surface area contributed by atoms with Crippen molar-refractivity contribution in [3.8, 4) is 5.75 Å². The Bertz CT molecular complexity index is 1130. The molecule has 4 rings (SSSR count). The highest BCUT2D eigenvalue weighted by molar-refractivity contribution is 5.74. The summed E-state index contributed by atoms with van der Waals surface area (Å²) < 4.78 is 56.0. The number of carboxylic acid groups (broad SMARTS) is 1. The highest BCUT2D eigenvalue weighted by Crippen LogP contribution is 2.32. The molecule has 0 saturated carbocycles. The summed E-state index contributed by atoms with van der Waals surface area (Å²) in [5.41, 5.74) is 1.59. The van der Waals surface area contributed by atoms with E-state index in [0.29, 0.717) is 48.4 Å². The topological polar surface area (TPSA) is 78.4 Å². The van der Waals surface area contributed by atoms with Crippen LogP contribution in [0, 0.1) is 17.7 Å². The minimum Gasteiger partial charge on any atom is -0.481 e. The third kappa shape index (κ3) is 6.01. The third-order valence-corrected chi connectivity index (χ3v) is 5.95. The summed E-state index contributed by atoms with van der Waals surface area (Å²) in [4.78, 5) is 21.0. The first-order chi connectivity index (χ1) is 15.7. The number of hydrogen-bond acceptors (Lipinski definition) is 4. The Labute approximate surface area is 187 Å². The lowest BCUT2D eigenvalue weighted by molar-refractivity contribution is -0.275. The van der Waals surface area contributed by atoms with Gasteiger partial charge in [-0.2, -0.15) is 0 Å². The average molecular weight is 465 g/mol. The Hall–Kier alpha value is -3.14. The number of nitrogens with one attached hydrogen (secondary N) is 1. The van der Waals surface area contributed by atoms with E-state index in [1.165, 1.54) is 24.3 Å². The van der Waals surface area contributed by atoms with Gasteiger partial charge in [-0.3, -0.25) is 9.69 Å². The van der Waals surface area contributed by atoms with Crippen LogP contribution < -0.4 is 4.74 Å². The van der Waals surface area contributed by atoms with Gasteiger partial charge in [-0.05, 0) is 49.1 Å². The predicted octanol–water partition coefficient (Wildman–Crippen LogP) is 4.76. The van der Waals surface area contributed by atoms with Gasteiger partial charge in [0.1, 0.15) is 17.4 Å². The number of nitrogens with zero attached hydrogens (tertiary/aromatic N) is 2. The van der Waals surface area contributed by atoms with Crippen LogP contribution >= 0.6 is 0 Å². The fraction of sp³-hybridized carbons (Fsp3) is 0.391. The van der Waals surface area contributed by atoms with Crippen molar-refractivity contribution >= 4 is 17.0 Å². The smallest absolute Gasteiger partial charge is 0.481 e. The highest BCUT2D eigenvalue weighted by Gasteiger charge is 2.34. The molecule has 1 fully saturated rings. The maximum absolute atomic E-state index is 13.5. The lowest BCUT2D eigenvalue weighted by Crippen LogP contribution is -2.41. The maximum atomic E-state index is 13.5. The number of ether oxygens (including phenoxy) is 1. The molecule has 0 radical (unpaired) electrons. The second-order valence-electron chi connectivity index (χ2n) is 8.35. The van der Waals surface area contributed by atoms with Gasteiger partial charge in [0.25, 0.3) is 0 Å². The minimum absolute atomic E-state index is 0.00113. The molecule has 33 heavy (non-hydrogen) atoms. The number of aromatic amines is 1. The van der Waals surface area contributed by atoms with Crippen LogP contribution in [0.2, 0.25) is 0 Å². The lowest BCUT2D eigenvalue weighted by Gasteiger charge is -2.38. The summed E-state index contributed by atoms with van der Waals surface area (Å²) in [6.45, 7) is 1.29. The lowest BCUT2D eigenvalue weighted by atomic mass is 9.81. The number of H-pyrrole nitrogens is 1. The van der Waals surface area contributed by atoms with Gasteiger partial charge in [-0.25, -0.2) is 9.37 Å². The maximum Gasteiger partial charge on any atom is 0.573 e. The number of piperidine rings is 1. The number of fused-ring (bicyclic) bond motifs is 1. The van der Waals surface area contributed by atoms with Crippen molar-refractivity contribution in [1.82, 2.24) is 14.9 Å². The van der Waals surface area contributed by atoms with Crippen LogP contribution in [-0.4, -0.2) is 45.4 Å². The molecule has 1 aliphatic rings. The van der Waals surface area contributed by atoms with Gasteiger partial charge in [0.05, 0.1) is 11.0 Å². The van der Waals surface area contributed by atoms with Gasteiger partial charge in [-0.15, -0.1) is 13.2 Å². The van der Waals surface area contributed by atoms with E-state index in [1.807, 2.05) is 4.90 Å². The van der Waals surface area contributed by atoms with Crippen LogP contribution in [0.3, 0.4) is 0 Å². The molecule has 1 aromatic heterocycles. The zero-order chi connectivity index (χ0) is 23.6. The van der Waals surface area contributed by atoms with Crippen LogP contribution in [0.4, 0.5) is 17.6 Å². The number of halogens is 4. The SMILES string of the molecule is O=C(O)C[C@@H]1CCN(Cc2ccccc2OC(F)(F)F)C[C@@H]1Cc1nc2ccc(F)cc2[nH]1. The molecule has 0 amide bonds. The van der Waals surface area contributed by atoms with Crippen molar-refractivity contribution in [2.45, 2.75) is 32.2 Å². The van der Waals surface area contributed by atoms with Gasteiger partial charge in [-0.1, -0.05) is 18.2 Å². The molecule has 3 aromatic rings. The number of aliphatic carboxylic acids is 1. The zero-order valence-electron chi connectivity index (χ0n) is 17.6. The van der Waals surface area contributed by atoms with Crippen LogP contribution in [0.15, 0.2) is 42.5 Å². The number of hydrogen-bond donors (Lipinski definition) is 2. The number of rotatable bonds is 7. The summed E-state index contributed by atoms with van der Waals surface area (Å²) in [7, 11) is 0. The molecule has 6 nitrogen and oxygen atoms in total. The van der Waals surface area contributed by atoms with Crippen molar-refractivity contribution in [3.05, 3.63) is 59.7 Å². The predicted molar refractivity (Wildman–Crippen MR) is 112 cm³/mol. The Morgan fingerprint density at radius 2 is 2.00 bits per heavy atom. The number of likely N-dealkylation sites (tertiary alicyclic amines) is 1. The summed E-state index contributed by atoms with van der Waals surface area (Å²) in [5.74, 6) is -1.09. The number of benzene rings is 2. The first kappa shape index (κ1) is 23.0. The Morgan fingerprint density at radius 3 is 2.76 bits per heavy atom. The molecule has 176 valence electrons. The number of alkyl halides is 3. The molecule has 0 aliphatic carbocycles. The number of para-hydroxylation sites is 1. The molecule has 1 saturated heterocycles. The number of carboxylic acids is 1. The molecular weight excluding hydrogens is 442 g/mol. The summed E-state index contributed by atoms with van der Waals surface area (Å²) in [6, 6.07) is 10.3. The molecule has 2 heterocycles. The Morgan fingerprint density at radius 1 is 1.21 bits per heavy atom. The molecule has 1 aliphatic heterocycles. The number of carbonyl (C=O) groups is 1. The van der Waals surface area contributed by atoms with Crippen molar-refractivity contribution in [3.63, 3.8) is 0 Å². The molecule has 0 bridgehead atoms. The molecular formula is C23H23F4N3O3. The van der Waals surface area contributed by atoms with E-state index in [0.717, 1.165) is 0 Å². The normalized spacial score (nSPS) is 19.6. The van der Waals surface area contributed by atoms with E-state index < -0.39 is 12.3 Å². The number of aromatic nitrogens is 2. The van der Waals surface area contributed by atoms with E-state index in [-0.39, 0.29) is 36.4 Å². The fourth-order valence-corrected chi connectivity index (χ4v) is 4.50. The molecule has 2 aromatic carbocycles. The second-order valence-corrected chi connectivity index (χ2v) is 8.35. The molecule has 2 N–H and O–H groups in total. The monoisotopic (exact) mass is 465 g/mol. The van der Waals surface area contributed by atoms with Crippen LogP contribution in [0.1, 0.15) is 24.2 Å². The zero-order valence-corrected chi connectivity index (χ0v) is 17.6. The number of imidazole rings is 1. The van der Waals surface area contributed by atoms with Gasteiger partial charge in [0.2, 0.25) is 0 Å². The summed E-state index contributed by atoms with van der Waals surface area (Å²) in [5, 5.41) is 9.34. The largest absolute Gasteiger partial charge is 0.573 e.